The van der Waals surface area contributed by atoms with Gasteiger partial charge in [0, 0.05) is 45.1 Å². The Kier molecular flexibility index (Phi) is 4.96. The maximum Gasteiger partial charge on any atom is 0.224 e. The van der Waals surface area contributed by atoms with Gasteiger partial charge in [-0.3, -0.25) is 0 Å². The fourth-order valence-electron chi connectivity index (χ4n) is 2.64. The Hall–Kier alpha value is -2.59. The van der Waals surface area contributed by atoms with Crippen molar-refractivity contribution in [3.8, 4) is 6.07 Å². The molecular weight excluding hydrogens is 326 g/mol. The van der Waals surface area contributed by atoms with Crippen molar-refractivity contribution in [2.24, 2.45) is 0 Å². The Morgan fingerprint density at radius 2 is 2.00 bits per heavy atom. The number of halogens is 1. The van der Waals surface area contributed by atoms with Crippen molar-refractivity contribution in [3.05, 3.63) is 35.1 Å². The van der Waals surface area contributed by atoms with Gasteiger partial charge in [-0.2, -0.15) is 10.2 Å². The summed E-state index contributed by atoms with van der Waals surface area (Å²) in [5.41, 5.74) is 0.472. The van der Waals surface area contributed by atoms with E-state index in [4.69, 9.17) is 16.9 Å². The van der Waals surface area contributed by atoms with E-state index in [2.05, 4.69) is 30.1 Å². The molecule has 1 fully saturated rings. The Labute approximate surface area is 145 Å². The van der Waals surface area contributed by atoms with E-state index in [1.54, 1.807) is 18.5 Å². The second-order valence-corrected chi connectivity index (χ2v) is 5.79. The molecule has 24 heavy (non-hydrogen) atoms. The molecule has 0 aromatic carbocycles. The third-order valence-corrected chi connectivity index (χ3v) is 4.11. The molecule has 124 valence electrons. The highest BCUT2D eigenvalue weighted by Crippen LogP contribution is 2.25. The van der Waals surface area contributed by atoms with Gasteiger partial charge in [0.05, 0.1) is 10.6 Å². The van der Waals surface area contributed by atoms with Crippen molar-refractivity contribution in [2.45, 2.75) is 6.92 Å². The van der Waals surface area contributed by atoms with Crippen LogP contribution in [-0.2, 0) is 0 Å². The summed E-state index contributed by atoms with van der Waals surface area (Å²) < 4.78 is 0. The smallest absolute Gasteiger partial charge is 0.224 e. The molecular formula is C16H18ClN7. The number of pyridine rings is 1. The van der Waals surface area contributed by atoms with Crippen LogP contribution in [0.15, 0.2) is 24.5 Å². The Morgan fingerprint density at radius 1 is 1.25 bits per heavy atom. The van der Waals surface area contributed by atoms with E-state index in [9.17, 15) is 0 Å². The first-order chi connectivity index (χ1) is 11.7. The van der Waals surface area contributed by atoms with E-state index in [-0.39, 0.29) is 0 Å². The van der Waals surface area contributed by atoms with Gasteiger partial charge < -0.3 is 15.1 Å². The Morgan fingerprint density at radius 3 is 2.67 bits per heavy atom. The first kappa shape index (κ1) is 16.3. The van der Waals surface area contributed by atoms with Gasteiger partial charge in [0.25, 0.3) is 0 Å². The molecule has 2 aromatic rings. The number of piperazine rings is 1. The molecule has 8 heteroatoms. The number of hydrogen-bond donors (Lipinski definition) is 1. The predicted octanol–water partition coefficient (Wildman–Crippen LogP) is 2.16. The fourth-order valence-corrected chi connectivity index (χ4v) is 2.93. The molecule has 0 bridgehead atoms. The van der Waals surface area contributed by atoms with Gasteiger partial charge in [0.1, 0.15) is 17.7 Å². The summed E-state index contributed by atoms with van der Waals surface area (Å²) in [5.74, 6) is 2.29. The molecule has 1 saturated heterocycles. The van der Waals surface area contributed by atoms with Crippen LogP contribution >= 0.6 is 11.6 Å². The van der Waals surface area contributed by atoms with Crippen LogP contribution in [0.4, 0.5) is 17.6 Å². The van der Waals surface area contributed by atoms with Gasteiger partial charge in [0.2, 0.25) is 5.95 Å². The summed E-state index contributed by atoms with van der Waals surface area (Å²) >= 11 is 6.25. The number of nitrogens with one attached hydrogen (secondary N) is 1. The molecule has 1 N–H and O–H groups in total. The standard InChI is InChI=1S/C16H18ClN7/c1-2-19-16-20-4-3-14(22-16)23-5-7-24(8-6-23)15-13(17)9-12(10-18)11-21-15/h3-4,9,11H,2,5-8H2,1H3,(H,19,20,22). The number of anilines is 3. The summed E-state index contributed by atoms with van der Waals surface area (Å²) in [5, 5.41) is 12.5. The van der Waals surface area contributed by atoms with Crippen LogP contribution in [0.2, 0.25) is 5.02 Å². The minimum absolute atomic E-state index is 0.472. The van der Waals surface area contributed by atoms with Crippen LogP contribution < -0.4 is 15.1 Å². The SMILES string of the molecule is CCNc1nccc(N2CCN(c3ncc(C#N)cc3Cl)CC2)n1. The van der Waals surface area contributed by atoms with Gasteiger partial charge in [-0.1, -0.05) is 11.6 Å². The molecule has 0 saturated carbocycles. The molecule has 1 aliphatic heterocycles. The van der Waals surface area contributed by atoms with Crippen LogP contribution in [0.3, 0.4) is 0 Å². The number of hydrogen-bond acceptors (Lipinski definition) is 7. The summed E-state index contributed by atoms with van der Waals surface area (Å²) in [6, 6.07) is 5.62. The molecule has 0 amide bonds. The number of aromatic nitrogens is 3. The highest BCUT2D eigenvalue weighted by molar-refractivity contribution is 6.33. The third-order valence-electron chi connectivity index (χ3n) is 3.83. The lowest BCUT2D eigenvalue weighted by atomic mass is 10.2. The average Bonchev–Trinajstić information content (AvgIpc) is 2.62. The normalized spacial score (nSPS) is 14.4. The summed E-state index contributed by atoms with van der Waals surface area (Å²) in [6.45, 7) is 6.03. The molecule has 0 spiro atoms. The topological polar surface area (TPSA) is 81.0 Å². The third kappa shape index (κ3) is 3.49. The summed E-state index contributed by atoms with van der Waals surface area (Å²) in [6.07, 6.45) is 3.33. The molecule has 7 nitrogen and oxygen atoms in total. The maximum absolute atomic E-state index is 8.90. The lowest BCUT2D eigenvalue weighted by Gasteiger charge is -2.36. The van der Waals surface area contributed by atoms with Crippen molar-refractivity contribution in [1.29, 1.82) is 5.26 Å². The van der Waals surface area contributed by atoms with E-state index in [1.165, 1.54) is 0 Å². The monoisotopic (exact) mass is 343 g/mol. The van der Waals surface area contributed by atoms with Crippen molar-refractivity contribution in [2.75, 3.05) is 47.8 Å². The van der Waals surface area contributed by atoms with Gasteiger partial charge >= 0.3 is 0 Å². The van der Waals surface area contributed by atoms with Crippen molar-refractivity contribution in [1.82, 2.24) is 15.0 Å². The van der Waals surface area contributed by atoms with Crippen molar-refractivity contribution in [3.63, 3.8) is 0 Å². The molecule has 3 heterocycles. The van der Waals surface area contributed by atoms with E-state index in [0.717, 1.165) is 44.4 Å². The lowest BCUT2D eigenvalue weighted by Crippen LogP contribution is -2.47. The van der Waals surface area contributed by atoms with Gasteiger partial charge in [-0.15, -0.1) is 0 Å². The predicted molar refractivity (Wildman–Crippen MR) is 94.6 cm³/mol. The Balaban J connectivity index is 1.68. The molecule has 0 radical (unpaired) electrons. The minimum Gasteiger partial charge on any atom is -0.354 e. The van der Waals surface area contributed by atoms with Crippen LogP contribution in [0.25, 0.3) is 0 Å². The molecule has 0 aliphatic carbocycles. The largest absolute Gasteiger partial charge is 0.354 e. The van der Waals surface area contributed by atoms with Crippen LogP contribution in [0, 0.1) is 11.3 Å². The van der Waals surface area contributed by atoms with Crippen molar-refractivity contribution >= 4 is 29.2 Å². The molecule has 3 rings (SSSR count). The van der Waals surface area contributed by atoms with Gasteiger partial charge in [0.15, 0.2) is 0 Å². The molecule has 0 unspecified atom stereocenters. The fraction of sp³-hybridized carbons (Fsp3) is 0.375. The summed E-state index contributed by atoms with van der Waals surface area (Å²) in [7, 11) is 0. The second-order valence-electron chi connectivity index (χ2n) is 5.38. The molecule has 0 atom stereocenters. The van der Waals surface area contributed by atoms with Crippen LogP contribution in [0.5, 0.6) is 0 Å². The highest BCUT2D eigenvalue weighted by atomic mass is 35.5. The molecule has 2 aromatic heterocycles. The van der Waals surface area contributed by atoms with E-state index in [1.807, 2.05) is 19.1 Å². The number of nitrogens with zero attached hydrogens (tertiary/aromatic N) is 6. The van der Waals surface area contributed by atoms with Crippen LogP contribution in [-0.4, -0.2) is 47.7 Å². The van der Waals surface area contributed by atoms with Gasteiger partial charge in [-0.05, 0) is 19.1 Å². The lowest BCUT2D eigenvalue weighted by molar-refractivity contribution is 0.641. The molecule has 1 aliphatic rings. The average molecular weight is 344 g/mol. The van der Waals surface area contributed by atoms with Crippen LogP contribution in [0.1, 0.15) is 12.5 Å². The zero-order valence-corrected chi connectivity index (χ0v) is 14.2. The number of rotatable bonds is 4. The van der Waals surface area contributed by atoms with Crippen molar-refractivity contribution < 1.29 is 0 Å². The quantitative estimate of drug-likeness (QED) is 0.910. The second kappa shape index (κ2) is 7.32. The summed E-state index contributed by atoms with van der Waals surface area (Å²) in [4.78, 5) is 17.4. The first-order valence-corrected chi connectivity index (χ1v) is 8.21. The maximum atomic E-state index is 8.90. The highest BCUT2D eigenvalue weighted by Gasteiger charge is 2.21. The van der Waals surface area contributed by atoms with E-state index < -0.39 is 0 Å². The zero-order valence-electron chi connectivity index (χ0n) is 13.4. The number of nitriles is 1. The minimum atomic E-state index is 0.472. The zero-order chi connectivity index (χ0) is 16.9. The van der Waals surface area contributed by atoms with E-state index in [0.29, 0.717) is 16.5 Å². The van der Waals surface area contributed by atoms with E-state index >= 15 is 0 Å². The van der Waals surface area contributed by atoms with Gasteiger partial charge in [-0.25, -0.2) is 9.97 Å². The Bertz CT molecular complexity index is 750. The first-order valence-electron chi connectivity index (χ1n) is 7.83.